The lowest BCUT2D eigenvalue weighted by Gasteiger charge is -2.15. The zero-order valence-corrected chi connectivity index (χ0v) is 11.1. The summed E-state index contributed by atoms with van der Waals surface area (Å²) in [6.45, 7) is 5.24. The summed E-state index contributed by atoms with van der Waals surface area (Å²) in [5.41, 5.74) is 3.88. The van der Waals surface area contributed by atoms with E-state index < -0.39 is 0 Å². The van der Waals surface area contributed by atoms with Crippen molar-refractivity contribution in [1.82, 2.24) is 10.3 Å². The van der Waals surface area contributed by atoms with Crippen molar-refractivity contribution in [1.29, 1.82) is 0 Å². The molecule has 0 saturated heterocycles. The molecule has 18 heavy (non-hydrogen) atoms. The van der Waals surface area contributed by atoms with Crippen LogP contribution in [0.2, 0.25) is 0 Å². The van der Waals surface area contributed by atoms with Crippen LogP contribution in [0.15, 0.2) is 48.7 Å². The van der Waals surface area contributed by atoms with E-state index in [1.807, 2.05) is 18.3 Å². The van der Waals surface area contributed by atoms with Crippen molar-refractivity contribution in [2.75, 3.05) is 0 Å². The van der Waals surface area contributed by atoms with E-state index in [1.165, 1.54) is 11.1 Å². The number of nitrogens with zero attached hydrogens (tertiary/aromatic N) is 1. The highest BCUT2D eigenvalue weighted by Gasteiger charge is 2.06. The third-order valence-corrected chi connectivity index (χ3v) is 3.23. The predicted molar refractivity (Wildman–Crippen MR) is 75.3 cm³/mol. The Hall–Kier alpha value is -1.67. The van der Waals surface area contributed by atoms with Gasteiger partial charge in [0.1, 0.15) is 0 Å². The fourth-order valence-corrected chi connectivity index (χ4v) is 2.07. The molecule has 2 nitrogen and oxygen atoms in total. The van der Waals surface area contributed by atoms with Crippen LogP contribution in [0.5, 0.6) is 0 Å². The Morgan fingerprint density at radius 2 is 1.78 bits per heavy atom. The number of hydrogen-bond donors (Lipinski definition) is 1. The van der Waals surface area contributed by atoms with Crippen LogP contribution in [0, 0.1) is 0 Å². The normalized spacial score (nSPS) is 12.3. The van der Waals surface area contributed by atoms with Crippen LogP contribution in [-0.4, -0.2) is 4.98 Å². The lowest BCUT2D eigenvalue weighted by molar-refractivity contribution is 0.559. The van der Waals surface area contributed by atoms with Crippen molar-refractivity contribution in [3.8, 4) is 0 Å². The van der Waals surface area contributed by atoms with Crippen molar-refractivity contribution in [3.05, 3.63) is 65.5 Å². The Labute approximate surface area is 109 Å². The number of pyridine rings is 1. The van der Waals surface area contributed by atoms with Gasteiger partial charge in [0.2, 0.25) is 0 Å². The summed E-state index contributed by atoms with van der Waals surface area (Å²) in [5.74, 6) is 0. The second-order valence-electron chi connectivity index (χ2n) is 4.48. The number of hydrogen-bond acceptors (Lipinski definition) is 2. The number of rotatable bonds is 5. The second-order valence-corrected chi connectivity index (χ2v) is 4.48. The van der Waals surface area contributed by atoms with Crippen LogP contribution in [0.3, 0.4) is 0 Å². The average molecular weight is 240 g/mol. The summed E-state index contributed by atoms with van der Waals surface area (Å²) in [6.07, 6.45) is 2.92. The minimum atomic E-state index is 0.274. The number of aromatic nitrogens is 1. The molecule has 0 aliphatic heterocycles. The van der Waals surface area contributed by atoms with Gasteiger partial charge in [-0.05, 0) is 36.6 Å². The molecule has 1 atom stereocenters. The minimum Gasteiger partial charge on any atom is -0.305 e. The molecule has 0 aliphatic rings. The number of nitrogens with one attached hydrogen (secondary N) is 1. The Balaban J connectivity index is 1.99. The number of benzene rings is 1. The molecule has 1 aromatic carbocycles. The summed E-state index contributed by atoms with van der Waals surface area (Å²) >= 11 is 0. The molecule has 0 fully saturated rings. The zero-order chi connectivity index (χ0) is 12.8. The number of aryl methyl sites for hydroxylation is 1. The van der Waals surface area contributed by atoms with Crippen LogP contribution in [0.4, 0.5) is 0 Å². The smallest absolute Gasteiger partial charge is 0.0570 e. The highest BCUT2D eigenvalue weighted by atomic mass is 14.9. The SMILES string of the molecule is CCc1ccccc1CN[C@@H](C)c1ccccn1. The predicted octanol–water partition coefficient (Wildman–Crippen LogP) is 3.49. The van der Waals surface area contributed by atoms with Crippen molar-refractivity contribution in [3.63, 3.8) is 0 Å². The van der Waals surface area contributed by atoms with E-state index in [2.05, 4.69) is 54.5 Å². The van der Waals surface area contributed by atoms with E-state index >= 15 is 0 Å². The van der Waals surface area contributed by atoms with Crippen molar-refractivity contribution in [2.45, 2.75) is 32.9 Å². The summed E-state index contributed by atoms with van der Waals surface area (Å²) in [5, 5.41) is 3.53. The molecule has 0 amide bonds. The van der Waals surface area contributed by atoms with Crippen LogP contribution < -0.4 is 5.32 Å². The molecule has 0 unspecified atom stereocenters. The average Bonchev–Trinajstić information content (AvgIpc) is 2.46. The summed E-state index contributed by atoms with van der Waals surface area (Å²) in [6, 6.07) is 14.9. The van der Waals surface area contributed by atoms with Gasteiger partial charge in [0.25, 0.3) is 0 Å². The Morgan fingerprint density at radius 1 is 1.06 bits per heavy atom. The van der Waals surface area contributed by atoms with Gasteiger partial charge in [0.05, 0.1) is 5.69 Å². The first-order valence-electron chi connectivity index (χ1n) is 6.52. The first-order valence-corrected chi connectivity index (χ1v) is 6.52. The monoisotopic (exact) mass is 240 g/mol. The molecule has 1 heterocycles. The van der Waals surface area contributed by atoms with Gasteiger partial charge >= 0.3 is 0 Å². The van der Waals surface area contributed by atoms with Gasteiger partial charge in [0, 0.05) is 18.8 Å². The maximum atomic E-state index is 4.37. The van der Waals surface area contributed by atoms with Crippen LogP contribution >= 0.6 is 0 Å². The lowest BCUT2D eigenvalue weighted by Crippen LogP contribution is -2.19. The van der Waals surface area contributed by atoms with Gasteiger partial charge in [-0.15, -0.1) is 0 Å². The van der Waals surface area contributed by atoms with E-state index in [4.69, 9.17) is 0 Å². The van der Waals surface area contributed by atoms with Crippen molar-refractivity contribution >= 4 is 0 Å². The van der Waals surface area contributed by atoms with Crippen molar-refractivity contribution < 1.29 is 0 Å². The summed E-state index contributed by atoms with van der Waals surface area (Å²) < 4.78 is 0. The van der Waals surface area contributed by atoms with E-state index in [1.54, 1.807) is 0 Å². The maximum Gasteiger partial charge on any atom is 0.0570 e. The zero-order valence-electron chi connectivity index (χ0n) is 11.1. The first kappa shape index (κ1) is 12.8. The summed E-state index contributed by atoms with van der Waals surface area (Å²) in [4.78, 5) is 4.37. The van der Waals surface area contributed by atoms with Crippen LogP contribution in [0.1, 0.15) is 36.7 Å². The van der Waals surface area contributed by atoms with Gasteiger partial charge in [-0.1, -0.05) is 37.3 Å². The molecule has 94 valence electrons. The molecule has 1 N–H and O–H groups in total. The third-order valence-electron chi connectivity index (χ3n) is 3.23. The third kappa shape index (κ3) is 3.17. The highest BCUT2D eigenvalue weighted by molar-refractivity contribution is 5.27. The first-order chi connectivity index (χ1) is 8.81. The van der Waals surface area contributed by atoms with E-state index in [0.29, 0.717) is 0 Å². The van der Waals surface area contributed by atoms with Gasteiger partial charge in [0.15, 0.2) is 0 Å². The quantitative estimate of drug-likeness (QED) is 0.865. The molecule has 0 bridgehead atoms. The molecule has 2 heteroatoms. The van der Waals surface area contributed by atoms with Gasteiger partial charge < -0.3 is 5.32 Å². The Morgan fingerprint density at radius 3 is 2.44 bits per heavy atom. The van der Waals surface area contributed by atoms with Crippen LogP contribution in [0.25, 0.3) is 0 Å². The molecule has 2 rings (SSSR count). The topological polar surface area (TPSA) is 24.9 Å². The molecular weight excluding hydrogens is 220 g/mol. The molecule has 0 saturated carbocycles. The van der Waals surface area contributed by atoms with E-state index in [0.717, 1.165) is 18.7 Å². The molecule has 2 aromatic rings. The molecule has 0 spiro atoms. The fraction of sp³-hybridized carbons (Fsp3) is 0.312. The van der Waals surface area contributed by atoms with E-state index in [-0.39, 0.29) is 6.04 Å². The van der Waals surface area contributed by atoms with Gasteiger partial charge in [-0.2, -0.15) is 0 Å². The molecule has 1 aromatic heterocycles. The largest absolute Gasteiger partial charge is 0.305 e. The maximum absolute atomic E-state index is 4.37. The molecule has 0 aliphatic carbocycles. The Kier molecular flexibility index (Phi) is 4.48. The summed E-state index contributed by atoms with van der Waals surface area (Å²) in [7, 11) is 0. The van der Waals surface area contributed by atoms with Crippen LogP contribution in [-0.2, 0) is 13.0 Å². The standard InChI is InChI=1S/C16H20N2/c1-3-14-8-4-5-9-15(14)12-18-13(2)16-10-6-7-11-17-16/h4-11,13,18H,3,12H2,1-2H3/t13-/m0/s1. The van der Waals surface area contributed by atoms with Gasteiger partial charge in [-0.3, -0.25) is 4.98 Å². The van der Waals surface area contributed by atoms with Crippen molar-refractivity contribution in [2.24, 2.45) is 0 Å². The van der Waals surface area contributed by atoms with E-state index in [9.17, 15) is 0 Å². The Bertz CT molecular complexity index is 479. The molecule has 0 radical (unpaired) electrons. The van der Waals surface area contributed by atoms with Gasteiger partial charge in [-0.25, -0.2) is 0 Å². The minimum absolute atomic E-state index is 0.274. The lowest BCUT2D eigenvalue weighted by atomic mass is 10.0. The molecular formula is C16H20N2. The highest BCUT2D eigenvalue weighted by Crippen LogP contribution is 2.13. The fourth-order valence-electron chi connectivity index (χ4n) is 2.07. The second kappa shape index (κ2) is 6.31.